The number of hydrogen-bond acceptors (Lipinski definition) is 3. The summed E-state index contributed by atoms with van der Waals surface area (Å²) in [5.74, 6) is 1.37. The van der Waals surface area contributed by atoms with E-state index in [9.17, 15) is 4.79 Å². The minimum Gasteiger partial charge on any atom is -0.352 e. The minimum atomic E-state index is 0.150. The molecule has 0 aliphatic heterocycles. The highest BCUT2D eigenvalue weighted by Crippen LogP contribution is 2.18. The number of nitrogens with one attached hydrogen (secondary N) is 2. The van der Waals surface area contributed by atoms with Crippen LogP contribution in [0.1, 0.15) is 25.7 Å². The summed E-state index contributed by atoms with van der Waals surface area (Å²) in [5.41, 5.74) is 0. The van der Waals surface area contributed by atoms with E-state index < -0.39 is 0 Å². The standard InChI is InChI=1S/C10H20N2OS/c1-14-7-3-2-6-11-8-10(13)12-9-4-5-9/h9,11H,2-8H2,1H3,(H,12,13). The van der Waals surface area contributed by atoms with E-state index in [1.54, 1.807) is 0 Å². The monoisotopic (exact) mass is 216 g/mol. The van der Waals surface area contributed by atoms with Gasteiger partial charge in [0.2, 0.25) is 5.91 Å². The van der Waals surface area contributed by atoms with Gasteiger partial charge in [0.25, 0.3) is 0 Å². The van der Waals surface area contributed by atoms with Gasteiger partial charge in [-0.25, -0.2) is 0 Å². The third-order valence-electron chi connectivity index (χ3n) is 2.18. The zero-order valence-electron chi connectivity index (χ0n) is 8.84. The third-order valence-corrected chi connectivity index (χ3v) is 2.88. The Balaban J connectivity index is 1.80. The summed E-state index contributed by atoms with van der Waals surface area (Å²) >= 11 is 1.88. The number of carbonyl (C=O) groups excluding carboxylic acids is 1. The topological polar surface area (TPSA) is 41.1 Å². The first-order valence-electron chi connectivity index (χ1n) is 5.32. The zero-order valence-corrected chi connectivity index (χ0v) is 9.66. The van der Waals surface area contributed by atoms with Crippen LogP contribution in [0.25, 0.3) is 0 Å². The van der Waals surface area contributed by atoms with Gasteiger partial charge >= 0.3 is 0 Å². The van der Waals surface area contributed by atoms with Gasteiger partial charge in [0.1, 0.15) is 0 Å². The van der Waals surface area contributed by atoms with E-state index in [1.165, 1.54) is 25.0 Å². The summed E-state index contributed by atoms with van der Waals surface area (Å²) in [6.45, 7) is 1.44. The highest BCUT2D eigenvalue weighted by molar-refractivity contribution is 7.98. The molecule has 1 rings (SSSR count). The van der Waals surface area contributed by atoms with E-state index >= 15 is 0 Å². The lowest BCUT2D eigenvalue weighted by Crippen LogP contribution is -2.35. The first kappa shape index (κ1) is 11.9. The van der Waals surface area contributed by atoms with Crippen LogP contribution in [0.2, 0.25) is 0 Å². The van der Waals surface area contributed by atoms with Crippen LogP contribution in [-0.2, 0) is 4.79 Å². The van der Waals surface area contributed by atoms with Gasteiger partial charge < -0.3 is 10.6 Å². The van der Waals surface area contributed by atoms with Gasteiger partial charge in [0, 0.05) is 6.04 Å². The number of rotatable bonds is 8. The fourth-order valence-electron chi connectivity index (χ4n) is 1.20. The van der Waals surface area contributed by atoms with E-state index in [4.69, 9.17) is 0 Å². The van der Waals surface area contributed by atoms with E-state index in [0.717, 1.165) is 13.0 Å². The molecule has 1 fully saturated rings. The van der Waals surface area contributed by atoms with E-state index in [-0.39, 0.29) is 5.91 Å². The summed E-state index contributed by atoms with van der Waals surface area (Å²) < 4.78 is 0. The van der Waals surface area contributed by atoms with Crippen LogP contribution in [-0.4, -0.2) is 37.0 Å². The molecule has 0 unspecified atom stereocenters. The van der Waals surface area contributed by atoms with Gasteiger partial charge in [-0.3, -0.25) is 4.79 Å². The van der Waals surface area contributed by atoms with Gasteiger partial charge in [-0.2, -0.15) is 11.8 Å². The quantitative estimate of drug-likeness (QED) is 0.595. The largest absolute Gasteiger partial charge is 0.352 e. The normalized spacial score (nSPS) is 15.5. The Morgan fingerprint density at radius 2 is 2.21 bits per heavy atom. The molecular weight excluding hydrogens is 196 g/mol. The van der Waals surface area contributed by atoms with Gasteiger partial charge in [-0.1, -0.05) is 0 Å². The van der Waals surface area contributed by atoms with Crippen molar-refractivity contribution in [3.05, 3.63) is 0 Å². The molecule has 0 aromatic carbocycles. The van der Waals surface area contributed by atoms with Crippen LogP contribution in [0.3, 0.4) is 0 Å². The SMILES string of the molecule is CSCCCCNCC(=O)NC1CC1. The Kier molecular flexibility index (Phi) is 6.03. The second-order valence-electron chi connectivity index (χ2n) is 3.72. The molecule has 1 aliphatic rings. The van der Waals surface area contributed by atoms with Crippen molar-refractivity contribution in [2.45, 2.75) is 31.7 Å². The maximum Gasteiger partial charge on any atom is 0.234 e. The van der Waals surface area contributed by atoms with E-state index in [2.05, 4.69) is 16.9 Å². The van der Waals surface area contributed by atoms with Gasteiger partial charge in [-0.05, 0) is 44.2 Å². The summed E-state index contributed by atoms with van der Waals surface area (Å²) in [4.78, 5) is 11.2. The molecule has 0 saturated heterocycles. The van der Waals surface area contributed by atoms with Gasteiger partial charge in [0.05, 0.1) is 6.54 Å². The summed E-state index contributed by atoms with van der Waals surface area (Å²) in [6, 6.07) is 0.487. The smallest absolute Gasteiger partial charge is 0.234 e. The van der Waals surface area contributed by atoms with Crippen LogP contribution in [0.5, 0.6) is 0 Å². The highest BCUT2D eigenvalue weighted by atomic mass is 32.2. The molecule has 0 spiro atoms. The summed E-state index contributed by atoms with van der Waals surface area (Å²) in [5, 5.41) is 6.11. The minimum absolute atomic E-state index is 0.150. The molecule has 14 heavy (non-hydrogen) atoms. The fourth-order valence-corrected chi connectivity index (χ4v) is 1.70. The molecule has 0 aromatic heterocycles. The molecule has 0 bridgehead atoms. The van der Waals surface area contributed by atoms with Crippen LogP contribution in [0.4, 0.5) is 0 Å². The lowest BCUT2D eigenvalue weighted by atomic mass is 10.3. The maximum absolute atomic E-state index is 11.2. The van der Waals surface area contributed by atoms with Crippen molar-refractivity contribution >= 4 is 17.7 Å². The Morgan fingerprint density at radius 1 is 1.43 bits per heavy atom. The van der Waals surface area contributed by atoms with Crippen molar-refractivity contribution in [3.63, 3.8) is 0 Å². The number of unbranched alkanes of at least 4 members (excludes halogenated alkanes) is 1. The summed E-state index contributed by atoms with van der Waals surface area (Å²) in [6.07, 6.45) is 6.85. The molecule has 0 heterocycles. The molecule has 82 valence electrons. The van der Waals surface area contributed by atoms with E-state index in [0.29, 0.717) is 12.6 Å². The molecule has 1 aliphatic carbocycles. The molecule has 4 heteroatoms. The van der Waals surface area contributed by atoms with Gasteiger partial charge in [-0.15, -0.1) is 0 Å². The zero-order chi connectivity index (χ0) is 10.2. The van der Waals surface area contributed by atoms with Crippen LogP contribution < -0.4 is 10.6 Å². The Morgan fingerprint density at radius 3 is 2.86 bits per heavy atom. The second kappa shape index (κ2) is 7.12. The Bertz CT molecular complexity index is 172. The predicted molar refractivity (Wildman–Crippen MR) is 61.7 cm³/mol. The molecule has 0 atom stereocenters. The molecule has 1 saturated carbocycles. The van der Waals surface area contributed by atoms with E-state index in [1.807, 2.05) is 11.8 Å². The maximum atomic E-state index is 11.2. The highest BCUT2D eigenvalue weighted by Gasteiger charge is 2.22. The van der Waals surface area contributed by atoms with Crippen molar-refractivity contribution in [2.24, 2.45) is 0 Å². The predicted octanol–water partition coefficient (Wildman–Crippen LogP) is 0.998. The van der Waals surface area contributed by atoms with Crippen LogP contribution in [0.15, 0.2) is 0 Å². The number of hydrogen-bond donors (Lipinski definition) is 2. The molecule has 0 radical (unpaired) electrons. The average molecular weight is 216 g/mol. The summed E-state index contributed by atoms with van der Waals surface area (Å²) in [7, 11) is 0. The van der Waals surface area contributed by atoms with Crippen LogP contribution >= 0.6 is 11.8 Å². The van der Waals surface area contributed by atoms with Crippen molar-refractivity contribution in [1.29, 1.82) is 0 Å². The number of amides is 1. The van der Waals surface area contributed by atoms with Gasteiger partial charge in [0.15, 0.2) is 0 Å². The second-order valence-corrected chi connectivity index (χ2v) is 4.70. The molecule has 2 N–H and O–H groups in total. The Hall–Kier alpha value is -0.220. The first-order valence-corrected chi connectivity index (χ1v) is 6.71. The third kappa shape index (κ3) is 6.27. The van der Waals surface area contributed by atoms with Crippen molar-refractivity contribution < 1.29 is 4.79 Å². The number of thioether (sulfide) groups is 1. The molecule has 0 aromatic rings. The molecule has 3 nitrogen and oxygen atoms in total. The lowest BCUT2D eigenvalue weighted by Gasteiger charge is -2.04. The molecular formula is C10H20N2OS. The van der Waals surface area contributed by atoms with Crippen molar-refractivity contribution in [3.8, 4) is 0 Å². The van der Waals surface area contributed by atoms with Crippen LogP contribution in [0, 0.1) is 0 Å². The number of carbonyl (C=O) groups is 1. The Labute approximate surface area is 90.4 Å². The van der Waals surface area contributed by atoms with Crippen molar-refractivity contribution in [2.75, 3.05) is 25.1 Å². The van der Waals surface area contributed by atoms with Crippen molar-refractivity contribution in [1.82, 2.24) is 10.6 Å². The molecule has 1 amide bonds. The lowest BCUT2D eigenvalue weighted by molar-refractivity contribution is -0.120. The first-order chi connectivity index (χ1) is 6.83. The fraction of sp³-hybridized carbons (Fsp3) is 0.900. The average Bonchev–Trinajstić information content (AvgIpc) is 2.95.